The average molecular weight is 306 g/mol. The number of halogens is 1. The number of nitrogens with one attached hydrogen (secondary N) is 1. The van der Waals surface area contributed by atoms with Gasteiger partial charge in [0, 0.05) is 19.0 Å². The van der Waals surface area contributed by atoms with Crippen molar-refractivity contribution in [2.24, 2.45) is 0 Å². The highest BCUT2D eigenvalue weighted by atomic mass is 35.5. The Morgan fingerprint density at radius 3 is 2.43 bits per heavy atom. The Morgan fingerprint density at radius 1 is 1.00 bits per heavy atom. The molecule has 0 atom stereocenters. The summed E-state index contributed by atoms with van der Waals surface area (Å²) in [5.41, 5.74) is 2.38. The van der Waals surface area contributed by atoms with Crippen LogP contribution in [0.25, 0.3) is 0 Å². The smallest absolute Gasteiger partial charge is 0.119 e. The van der Waals surface area contributed by atoms with Crippen molar-refractivity contribution in [3.05, 3.63) is 59.7 Å². The third kappa shape index (κ3) is 5.29. The van der Waals surface area contributed by atoms with Crippen LogP contribution in [0, 0.1) is 0 Å². The molecule has 21 heavy (non-hydrogen) atoms. The largest absolute Gasteiger partial charge is 0.497 e. The van der Waals surface area contributed by atoms with Gasteiger partial charge in [0.1, 0.15) is 18.1 Å². The van der Waals surface area contributed by atoms with Crippen molar-refractivity contribution in [2.45, 2.75) is 12.4 Å². The van der Waals surface area contributed by atoms with Crippen LogP contribution < -0.4 is 14.8 Å². The minimum absolute atomic E-state index is 0.550. The minimum Gasteiger partial charge on any atom is -0.497 e. The van der Waals surface area contributed by atoms with Gasteiger partial charge < -0.3 is 14.8 Å². The van der Waals surface area contributed by atoms with Gasteiger partial charge in [0.15, 0.2) is 0 Å². The highest BCUT2D eigenvalue weighted by Gasteiger charge is 1.97. The van der Waals surface area contributed by atoms with Gasteiger partial charge in [-0.25, -0.2) is 0 Å². The molecule has 0 saturated carbocycles. The Kier molecular flexibility index (Phi) is 6.38. The number of methoxy groups -OCH3 is 1. The number of hydrogen-bond donors (Lipinski definition) is 1. The molecule has 0 aliphatic carbocycles. The molecule has 4 heteroatoms. The van der Waals surface area contributed by atoms with E-state index in [1.54, 1.807) is 7.11 Å². The second-order valence-corrected chi connectivity index (χ2v) is 4.92. The SMILES string of the molecule is COc1ccc(OCCNCc2cccc(CCl)c2)cc1. The summed E-state index contributed by atoms with van der Waals surface area (Å²) in [5.74, 6) is 2.23. The summed E-state index contributed by atoms with van der Waals surface area (Å²) in [4.78, 5) is 0. The zero-order valence-electron chi connectivity index (χ0n) is 12.1. The van der Waals surface area contributed by atoms with Gasteiger partial charge in [-0.2, -0.15) is 0 Å². The van der Waals surface area contributed by atoms with Crippen LogP contribution in [0.1, 0.15) is 11.1 Å². The Hall–Kier alpha value is -1.71. The van der Waals surface area contributed by atoms with Gasteiger partial charge in [-0.15, -0.1) is 11.6 Å². The van der Waals surface area contributed by atoms with E-state index in [-0.39, 0.29) is 0 Å². The van der Waals surface area contributed by atoms with Crippen LogP contribution in [-0.4, -0.2) is 20.3 Å². The third-order valence-corrected chi connectivity index (χ3v) is 3.39. The highest BCUT2D eigenvalue weighted by Crippen LogP contribution is 2.16. The van der Waals surface area contributed by atoms with Gasteiger partial charge in [0.05, 0.1) is 7.11 Å². The molecule has 0 fully saturated rings. The summed E-state index contributed by atoms with van der Waals surface area (Å²) in [6, 6.07) is 15.9. The monoisotopic (exact) mass is 305 g/mol. The first kappa shape index (κ1) is 15.7. The van der Waals surface area contributed by atoms with Crippen LogP contribution in [0.4, 0.5) is 0 Å². The average Bonchev–Trinajstić information content (AvgIpc) is 2.55. The molecule has 0 bridgehead atoms. The second kappa shape index (κ2) is 8.55. The van der Waals surface area contributed by atoms with Crippen LogP contribution in [0.3, 0.4) is 0 Å². The first-order valence-electron chi connectivity index (χ1n) is 6.93. The van der Waals surface area contributed by atoms with E-state index >= 15 is 0 Å². The highest BCUT2D eigenvalue weighted by molar-refractivity contribution is 6.17. The van der Waals surface area contributed by atoms with E-state index in [0.29, 0.717) is 12.5 Å². The number of rotatable bonds is 8. The lowest BCUT2D eigenvalue weighted by molar-refractivity contribution is 0.313. The fraction of sp³-hybridized carbons (Fsp3) is 0.294. The molecule has 0 saturated heterocycles. The lowest BCUT2D eigenvalue weighted by Crippen LogP contribution is -2.20. The molecule has 0 heterocycles. The van der Waals surface area contributed by atoms with Crippen LogP contribution in [0.2, 0.25) is 0 Å². The maximum atomic E-state index is 5.82. The molecular weight excluding hydrogens is 286 g/mol. The molecule has 1 N–H and O–H groups in total. The molecule has 0 radical (unpaired) electrons. The molecule has 3 nitrogen and oxygen atoms in total. The maximum absolute atomic E-state index is 5.82. The Bertz CT molecular complexity index is 543. The van der Waals surface area contributed by atoms with Crippen molar-refractivity contribution in [3.8, 4) is 11.5 Å². The molecule has 0 amide bonds. The fourth-order valence-electron chi connectivity index (χ4n) is 1.97. The Balaban J connectivity index is 1.67. The van der Waals surface area contributed by atoms with Crippen LogP contribution >= 0.6 is 11.6 Å². The number of alkyl halides is 1. The van der Waals surface area contributed by atoms with E-state index in [1.807, 2.05) is 36.4 Å². The van der Waals surface area contributed by atoms with Crippen LogP contribution in [0.5, 0.6) is 11.5 Å². The van der Waals surface area contributed by atoms with E-state index in [4.69, 9.17) is 21.1 Å². The number of benzene rings is 2. The fourth-order valence-corrected chi connectivity index (χ4v) is 2.13. The van der Waals surface area contributed by atoms with E-state index in [2.05, 4.69) is 17.4 Å². The Morgan fingerprint density at radius 2 is 1.71 bits per heavy atom. The zero-order valence-corrected chi connectivity index (χ0v) is 12.9. The Labute approximate surface area is 130 Å². The quantitative estimate of drug-likeness (QED) is 0.597. The molecular formula is C17H20ClNO2. The predicted octanol–water partition coefficient (Wildman–Crippen LogP) is 3.60. The lowest BCUT2D eigenvalue weighted by atomic mass is 10.1. The van der Waals surface area contributed by atoms with Gasteiger partial charge in [-0.3, -0.25) is 0 Å². The van der Waals surface area contributed by atoms with Crippen molar-refractivity contribution in [1.29, 1.82) is 0 Å². The summed E-state index contributed by atoms with van der Waals surface area (Å²) in [5, 5.41) is 3.35. The molecule has 2 aromatic carbocycles. The summed E-state index contributed by atoms with van der Waals surface area (Å²) in [6.45, 7) is 2.23. The molecule has 0 aliphatic rings. The van der Waals surface area contributed by atoms with Gasteiger partial charge in [0.25, 0.3) is 0 Å². The minimum atomic E-state index is 0.550. The van der Waals surface area contributed by atoms with Crippen molar-refractivity contribution in [1.82, 2.24) is 5.32 Å². The number of hydrogen-bond acceptors (Lipinski definition) is 3. The third-order valence-electron chi connectivity index (χ3n) is 3.08. The van der Waals surface area contributed by atoms with Gasteiger partial charge in [-0.05, 0) is 35.4 Å². The van der Waals surface area contributed by atoms with E-state index < -0.39 is 0 Å². The van der Waals surface area contributed by atoms with E-state index in [1.165, 1.54) is 5.56 Å². The summed E-state index contributed by atoms with van der Waals surface area (Å²) < 4.78 is 10.8. The molecule has 2 rings (SSSR count). The second-order valence-electron chi connectivity index (χ2n) is 4.65. The van der Waals surface area contributed by atoms with Crippen molar-refractivity contribution >= 4 is 11.6 Å². The molecule has 2 aromatic rings. The first-order valence-corrected chi connectivity index (χ1v) is 7.46. The van der Waals surface area contributed by atoms with Gasteiger partial charge in [0.2, 0.25) is 0 Å². The van der Waals surface area contributed by atoms with Crippen molar-refractivity contribution in [3.63, 3.8) is 0 Å². The zero-order chi connectivity index (χ0) is 14.9. The van der Waals surface area contributed by atoms with E-state index in [9.17, 15) is 0 Å². The molecule has 0 unspecified atom stereocenters. The topological polar surface area (TPSA) is 30.5 Å². The number of ether oxygens (including phenoxy) is 2. The van der Waals surface area contributed by atoms with Crippen LogP contribution in [0.15, 0.2) is 48.5 Å². The standard InChI is InChI=1S/C17H20ClNO2/c1-20-16-5-7-17(8-6-16)21-10-9-19-13-15-4-2-3-14(11-15)12-18/h2-8,11,19H,9-10,12-13H2,1H3. The molecule has 0 spiro atoms. The molecule has 112 valence electrons. The van der Waals surface area contributed by atoms with Crippen molar-refractivity contribution < 1.29 is 9.47 Å². The van der Waals surface area contributed by atoms with Crippen LogP contribution in [-0.2, 0) is 12.4 Å². The maximum Gasteiger partial charge on any atom is 0.119 e. The summed E-state index contributed by atoms with van der Waals surface area (Å²) >= 11 is 5.82. The molecule has 0 aliphatic heterocycles. The lowest BCUT2D eigenvalue weighted by Gasteiger charge is -2.09. The van der Waals surface area contributed by atoms with Crippen molar-refractivity contribution in [2.75, 3.05) is 20.3 Å². The summed E-state index contributed by atoms with van der Waals surface area (Å²) in [6.07, 6.45) is 0. The van der Waals surface area contributed by atoms with Gasteiger partial charge in [-0.1, -0.05) is 24.3 Å². The van der Waals surface area contributed by atoms with E-state index in [0.717, 1.165) is 30.2 Å². The molecule has 0 aromatic heterocycles. The van der Waals surface area contributed by atoms with Gasteiger partial charge >= 0.3 is 0 Å². The summed E-state index contributed by atoms with van der Waals surface area (Å²) in [7, 11) is 1.65. The predicted molar refractivity (Wildman–Crippen MR) is 86.2 cm³/mol. The first-order chi connectivity index (χ1) is 10.3. The normalized spacial score (nSPS) is 10.4.